The van der Waals surface area contributed by atoms with Crippen molar-refractivity contribution in [3.05, 3.63) is 51.5 Å². The third-order valence-corrected chi connectivity index (χ3v) is 6.02. The Labute approximate surface area is 161 Å². The Morgan fingerprint density at radius 3 is 2.81 bits per heavy atom. The SMILES string of the molecule is CCNC(=NCCc1sc(C)nc1C)N1CCC(Cc2ccccc2)C1. The van der Waals surface area contributed by atoms with Gasteiger partial charge in [0.05, 0.1) is 10.7 Å². The van der Waals surface area contributed by atoms with Gasteiger partial charge < -0.3 is 10.2 Å². The topological polar surface area (TPSA) is 40.5 Å². The van der Waals surface area contributed by atoms with Crippen LogP contribution in [-0.2, 0) is 12.8 Å². The molecule has 1 N–H and O–H groups in total. The molecule has 140 valence electrons. The molecule has 3 rings (SSSR count). The zero-order chi connectivity index (χ0) is 18.4. The van der Waals surface area contributed by atoms with Crippen molar-refractivity contribution in [2.24, 2.45) is 10.9 Å². The van der Waals surface area contributed by atoms with Crippen LogP contribution in [0.25, 0.3) is 0 Å². The number of hydrogen-bond acceptors (Lipinski definition) is 3. The minimum Gasteiger partial charge on any atom is -0.357 e. The van der Waals surface area contributed by atoms with Gasteiger partial charge >= 0.3 is 0 Å². The number of aromatic nitrogens is 1. The molecular formula is C21H30N4S. The Hall–Kier alpha value is -1.88. The van der Waals surface area contributed by atoms with Crippen molar-refractivity contribution in [3.63, 3.8) is 0 Å². The molecule has 1 fully saturated rings. The Kier molecular flexibility index (Phi) is 6.67. The maximum Gasteiger partial charge on any atom is 0.193 e. The van der Waals surface area contributed by atoms with Crippen LogP contribution < -0.4 is 5.32 Å². The number of hydrogen-bond donors (Lipinski definition) is 1. The third-order valence-electron chi connectivity index (χ3n) is 4.89. The first-order valence-electron chi connectivity index (χ1n) is 9.65. The third kappa shape index (κ3) is 5.07. The molecule has 0 aliphatic carbocycles. The van der Waals surface area contributed by atoms with Gasteiger partial charge in [-0.3, -0.25) is 4.99 Å². The van der Waals surface area contributed by atoms with E-state index < -0.39 is 0 Å². The normalized spacial score (nSPS) is 17.7. The molecule has 1 unspecified atom stereocenters. The quantitative estimate of drug-likeness (QED) is 0.620. The summed E-state index contributed by atoms with van der Waals surface area (Å²) in [6.45, 7) is 10.3. The van der Waals surface area contributed by atoms with Crippen LogP contribution in [0.2, 0.25) is 0 Å². The van der Waals surface area contributed by atoms with Gasteiger partial charge in [0.1, 0.15) is 0 Å². The highest BCUT2D eigenvalue weighted by Gasteiger charge is 2.24. The van der Waals surface area contributed by atoms with Crippen molar-refractivity contribution in [1.29, 1.82) is 0 Å². The molecule has 2 heterocycles. The molecule has 0 saturated carbocycles. The van der Waals surface area contributed by atoms with Crippen molar-refractivity contribution >= 4 is 17.3 Å². The van der Waals surface area contributed by atoms with Gasteiger partial charge in [-0.25, -0.2) is 4.98 Å². The highest BCUT2D eigenvalue weighted by atomic mass is 32.1. The molecule has 1 aliphatic rings. The molecule has 1 aromatic heterocycles. The standard InChI is InChI=1S/C21H30N4S/c1-4-22-21(23-12-10-20-16(2)24-17(3)26-20)25-13-11-19(15-25)14-18-8-6-5-7-9-18/h5-9,19H,4,10-15H2,1-3H3,(H,22,23). The van der Waals surface area contributed by atoms with E-state index in [-0.39, 0.29) is 0 Å². The number of guanidine groups is 1. The van der Waals surface area contributed by atoms with Gasteiger partial charge in [0.25, 0.3) is 0 Å². The number of nitrogens with zero attached hydrogens (tertiary/aromatic N) is 3. The maximum absolute atomic E-state index is 4.89. The first kappa shape index (κ1) is 18.9. The van der Waals surface area contributed by atoms with Gasteiger partial charge in [0.2, 0.25) is 0 Å². The van der Waals surface area contributed by atoms with Gasteiger partial charge in [0.15, 0.2) is 5.96 Å². The molecule has 4 nitrogen and oxygen atoms in total. The first-order chi connectivity index (χ1) is 12.7. The number of likely N-dealkylation sites (tertiary alicyclic amines) is 1. The number of rotatable bonds is 6. The van der Waals surface area contributed by atoms with Crippen LogP contribution in [0.5, 0.6) is 0 Å². The summed E-state index contributed by atoms with van der Waals surface area (Å²) < 4.78 is 0. The lowest BCUT2D eigenvalue weighted by molar-refractivity contribution is 0.460. The zero-order valence-corrected chi connectivity index (χ0v) is 17.0. The fourth-order valence-corrected chi connectivity index (χ4v) is 4.56. The Bertz CT molecular complexity index is 723. The molecule has 1 atom stereocenters. The Balaban J connectivity index is 1.56. The van der Waals surface area contributed by atoms with E-state index in [0.29, 0.717) is 5.92 Å². The monoisotopic (exact) mass is 370 g/mol. The first-order valence-corrected chi connectivity index (χ1v) is 10.5. The summed E-state index contributed by atoms with van der Waals surface area (Å²) in [7, 11) is 0. The average molecular weight is 371 g/mol. The number of aliphatic imine (C=N–C) groups is 1. The lowest BCUT2D eigenvalue weighted by atomic mass is 9.99. The fraction of sp³-hybridized carbons (Fsp3) is 0.524. The van der Waals surface area contributed by atoms with Gasteiger partial charge in [-0.05, 0) is 45.1 Å². The van der Waals surface area contributed by atoms with E-state index in [2.05, 4.69) is 66.3 Å². The lowest BCUT2D eigenvalue weighted by Crippen LogP contribution is -2.40. The molecule has 5 heteroatoms. The van der Waals surface area contributed by atoms with Gasteiger partial charge in [-0.2, -0.15) is 0 Å². The van der Waals surface area contributed by atoms with Crippen LogP contribution >= 0.6 is 11.3 Å². The summed E-state index contributed by atoms with van der Waals surface area (Å²) in [6.07, 6.45) is 3.38. The molecule has 0 spiro atoms. The minimum absolute atomic E-state index is 0.715. The van der Waals surface area contributed by atoms with E-state index in [9.17, 15) is 0 Å². The van der Waals surface area contributed by atoms with Crippen molar-refractivity contribution in [2.75, 3.05) is 26.2 Å². The molecule has 0 radical (unpaired) electrons. The second-order valence-electron chi connectivity index (χ2n) is 7.02. The van der Waals surface area contributed by atoms with Crippen molar-refractivity contribution in [3.8, 4) is 0 Å². The van der Waals surface area contributed by atoms with Crippen LogP contribution in [0, 0.1) is 19.8 Å². The molecular weight excluding hydrogens is 340 g/mol. The van der Waals surface area contributed by atoms with E-state index in [0.717, 1.165) is 55.7 Å². The van der Waals surface area contributed by atoms with Crippen LogP contribution in [0.1, 0.15) is 34.5 Å². The molecule has 1 aromatic carbocycles. The average Bonchev–Trinajstić information content (AvgIpc) is 3.21. The summed E-state index contributed by atoms with van der Waals surface area (Å²) in [6, 6.07) is 10.8. The summed E-state index contributed by atoms with van der Waals surface area (Å²) in [5.41, 5.74) is 2.61. The number of benzene rings is 1. The van der Waals surface area contributed by atoms with Crippen LogP contribution in [0.15, 0.2) is 35.3 Å². The van der Waals surface area contributed by atoms with Gasteiger partial charge in [-0.15, -0.1) is 11.3 Å². The summed E-state index contributed by atoms with van der Waals surface area (Å²) in [4.78, 5) is 13.2. The second-order valence-corrected chi connectivity index (χ2v) is 8.31. The lowest BCUT2D eigenvalue weighted by Gasteiger charge is -2.21. The largest absolute Gasteiger partial charge is 0.357 e. The van der Waals surface area contributed by atoms with Crippen LogP contribution in [-0.4, -0.2) is 42.0 Å². The predicted octanol–water partition coefficient (Wildman–Crippen LogP) is 3.83. The van der Waals surface area contributed by atoms with E-state index in [4.69, 9.17) is 4.99 Å². The minimum atomic E-state index is 0.715. The Morgan fingerprint density at radius 1 is 1.31 bits per heavy atom. The van der Waals surface area contributed by atoms with Gasteiger partial charge in [-0.1, -0.05) is 30.3 Å². The summed E-state index contributed by atoms with van der Waals surface area (Å²) in [5.74, 6) is 1.79. The van der Waals surface area contributed by atoms with E-state index in [1.165, 1.54) is 16.9 Å². The predicted molar refractivity (Wildman–Crippen MR) is 111 cm³/mol. The van der Waals surface area contributed by atoms with E-state index >= 15 is 0 Å². The highest BCUT2D eigenvalue weighted by molar-refractivity contribution is 7.11. The highest BCUT2D eigenvalue weighted by Crippen LogP contribution is 2.21. The molecule has 1 saturated heterocycles. The van der Waals surface area contributed by atoms with Crippen LogP contribution in [0.4, 0.5) is 0 Å². The Morgan fingerprint density at radius 2 is 2.12 bits per heavy atom. The van der Waals surface area contributed by atoms with Gasteiger partial charge in [0, 0.05) is 37.5 Å². The van der Waals surface area contributed by atoms with E-state index in [1.54, 1.807) is 11.3 Å². The van der Waals surface area contributed by atoms with E-state index in [1.807, 2.05) is 0 Å². The smallest absolute Gasteiger partial charge is 0.193 e. The number of nitrogens with one attached hydrogen (secondary N) is 1. The number of thiazole rings is 1. The van der Waals surface area contributed by atoms with Crippen molar-refractivity contribution in [1.82, 2.24) is 15.2 Å². The van der Waals surface area contributed by atoms with Crippen molar-refractivity contribution < 1.29 is 0 Å². The molecule has 0 amide bonds. The fourth-order valence-electron chi connectivity index (χ4n) is 3.63. The van der Waals surface area contributed by atoms with Crippen LogP contribution in [0.3, 0.4) is 0 Å². The maximum atomic E-state index is 4.89. The number of aryl methyl sites for hydroxylation is 2. The van der Waals surface area contributed by atoms with Crippen molar-refractivity contribution in [2.45, 2.75) is 40.0 Å². The zero-order valence-electron chi connectivity index (χ0n) is 16.2. The second kappa shape index (κ2) is 9.17. The summed E-state index contributed by atoms with van der Waals surface area (Å²) in [5, 5.41) is 4.63. The molecule has 2 aromatic rings. The summed E-state index contributed by atoms with van der Waals surface area (Å²) >= 11 is 1.80. The molecule has 0 bridgehead atoms. The molecule has 1 aliphatic heterocycles. The molecule has 26 heavy (non-hydrogen) atoms.